The van der Waals surface area contributed by atoms with Gasteiger partial charge in [0.25, 0.3) is 5.91 Å². The Morgan fingerprint density at radius 2 is 1.97 bits per heavy atom. The van der Waals surface area contributed by atoms with Gasteiger partial charge in [0.05, 0.1) is 31.7 Å². The first-order valence-electron chi connectivity index (χ1n) is 9.87. The molecule has 29 heavy (non-hydrogen) atoms. The number of rotatable bonds is 7. The highest BCUT2D eigenvalue weighted by atomic mass is 32.1. The molecule has 6 nitrogen and oxygen atoms in total. The topological polar surface area (TPSA) is 67.9 Å². The van der Waals surface area contributed by atoms with E-state index in [1.165, 1.54) is 16.2 Å². The second kappa shape index (κ2) is 9.31. The fourth-order valence-electron chi connectivity index (χ4n) is 3.80. The molecule has 1 fully saturated rings. The van der Waals surface area contributed by atoms with Gasteiger partial charge in [-0.1, -0.05) is 13.0 Å². The molecule has 0 radical (unpaired) electrons. The van der Waals surface area contributed by atoms with E-state index in [4.69, 9.17) is 9.47 Å². The van der Waals surface area contributed by atoms with Crippen molar-refractivity contribution < 1.29 is 19.1 Å². The number of carbonyl (C=O) groups is 2. The molecule has 0 bridgehead atoms. The number of benzene rings is 1. The Labute approximate surface area is 175 Å². The van der Waals surface area contributed by atoms with Crippen LogP contribution in [0.5, 0.6) is 11.5 Å². The Hall–Kier alpha value is -2.54. The van der Waals surface area contributed by atoms with Crippen molar-refractivity contribution in [1.29, 1.82) is 0 Å². The van der Waals surface area contributed by atoms with Gasteiger partial charge in [-0.3, -0.25) is 9.59 Å². The van der Waals surface area contributed by atoms with Crippen LogP contribution in [0.25, 0.3) is 0 Å². The van der Waals surface area contributed by atoms with E-state index in [9.17, 15) is 9.59 Å². The summed E-state index contributed by atoms with van der Waals surface area (Å²) in [4.78, 5) is 29.0. The number of likely N-dealkylation sites (tertiary alicyclic amines) is 1. The largest absolute Gasteiger partial charge is 0.493 e. The average Bonchev–Trinajstić information content (AvgIpc) is 3.37. The van der Waals surface area contributed by atoms with E-state index in [0.717, 1.165) is 30.4 Å². The van der Waals surface area contributed by atoms with Gasteiger partial charge in [0, 0.05) is 11.4 Å². The molecule has 1 N–H and O–H groups in total. The van der Waals surface area contributed by atoms with Crippen LogP contribution in [0.1, 0.15) is 51.5 Å². The lowest BCUT2D eigenvalue weighted by atomic mass is 10.0. The highest BCUT2D eigenvalue weighted by molar-refractivity contribution is 7.14. The van der Waals surface area contributed by atoms with E-state index in [-0.39, 0.29) is 24.4 Å². The lowest BCUT2D eigenvalue weighted by molar-refractivity contribution is -0.131. The fourth-order valence-corrected chi connectivity index (χ4v) is 4.83. The van der Waals surface area contributed by atoms with Gasteiger partial charge >= 0.3 is 0 Å². The van der Waals surface area contributed by atoms with E-state index in [1.54, 1.807) is 14.2 Å². The van der Waals surface area contributed by atoms with E-state index in [1.807, 2.05) is 36.1 Å². The van der Waals surface area contributed by atoms with Crippen molar-refractivity contribution in [3.63, 3.8) is 0 Å². The van der Waals surface area contributed by atoms with E-state index < -0.39 is 0 Å². The van der Waals surface area contributed by atoms with Gasteiger partial charge in [-0.2, -0.15) is 0 Å². The van der Waals surface area contributed by atoms with Crippen LogP contribution in [0.15, 0.2) is 24.3 Å². The molecule has 0 saturated carbocycles. The molecule has 2 aromatic rings. The van der Waals surface area contributed by atoms with Crippen LogP contribution in [-0.4, -0.2) is 44.0 Å². The summed E-state index contributed by atoms with van der Waals surface area (Å²) in [5.74, 6) is 1.06. The Morgan fingerprint density at radius 3 is 2.62 bits per heavy atom. The van der Waals surface area contributed by atoms with Crippen LogP contribution >= 0.6 is 11.3 Å². The number of hydrogen-bond acceptors (Lipinski definition) is 5. The van der Waals surface area contributed by atoms with Gasteiger partial charge in [0.15, 0.2) is 11.5 Å². The molecule has 0 aliphatic carbocycles. The fraction of sp³-hybridized carbons (Fsp3) is 0.455. The summed E-state index contributed by atoms with van der Waals surface area (Å²) in [6.45, 7) is 4.77. The Bertz CT molecular complexity index is 893. The molecule has 1 aromatic heterocycles. The number of amides is 2. The molecule has 156 valence electrons. The number of nitrogens with zero attached hydrogens (tertiary/aromatic N) is 1. The minimum Gasteiger partial charge on any atom is -0.493 e. The highest BCUT2D eigenvalue weighted by Gasteiger charge is 2.30. The Kier molecular flexibility index (Phi) is 6.79. The molecule has 7 heteroatoms. The van der Waals surface area contributed by atoms with Crippen molar-refractivity contribution in [3.05, 3.63) is 45.1 Å². The first-order valence-corrected chi connectivity index (χ1v) is 10.7. The maximum Gasteiger partial charge on any atom is 0.261 e. The van der Waals surface area contributed by atoms with Crippen molar-refractivity contribution in [2.75, 3.05) is 27.3 Å². The molecular weight excluding hydrogens is 388 g/mol. The van der Waals surface area contributed by atoms with Gasteiger partial charge in [0.2, 0.25) is 5.91 Å². The first kappa shape index (κ1) is 21.2. The zero-order valence-electron chi connectivity index (χ0n) is 17.4. The van der Waals surface area contributed by atoms with Crippen molar-refractivity contribution >= 4 is 23.2 Å². The lowest BCUT2D eigenvalue weighted by Gasteiger charge is -2.26. The predicted octanol–water partition coefficient (Wildman–Crippen LogP) is 3.73. The third kappa shape index (κ3) is 4.56. The standard InChI is InChI=1S/C22H28N2O4S/c1-5-19-14(2)11-20(29-19)22(26)23-13-21(25)24-10-6-7-16(24)15-8-9-17(27-3)18(12-15)28-4/h8-9,11-12,16H,5-7,10,13H2,1-4H3,(H,23,26). The van der Waals surface area contributed by atoms with Crippen molar-refractivity contribution in [2.24, 2.45) is 0 Å². The van der Waals surface area contributed by atoms with Gasteiger partial charge in [0.1, 0.15) is 0 Å². The summed E-state index contributed by atoms with van der Waals surface area (Å²) in [6, 6.07) is 7.63. The monoisotopic (exact) mass is 416 g/mol. The second-order valence-electron chi connectivity index (χ2n) is 7.11. The first-order chi connectivity index (χ1) is 14.0. The van der Waals surface area contributed by atoms with E-state index >= 15 is 0 Å². The van der Waals surface area contributed by atoms with Crippen molar-refractivity contribution in [2.45, 2.75) is 39.2 Å². The number of ether oxygens (including phenoxy) is 2. The second-order valence-corrected chi connectivity index (χ2v) is 8.25. The van der Waals surface area contributed by atoms with Crippen molar-refractivity contribution in [1.82, 2.24) is 10.2 Å². The summed E-state index contributed by atoms with van der Waals surface area (Å²) >= 11 is 1.49. The predicted molar refractivity (Wildman–Crippen MR) is 114 cm³/mol. The van der Waals surface area contributed by atoms with Crippen LogP contribution in [0.3, 0.4) is 0 Å². The van der Waals surface area contributed by atoms with Crippen LogP contribution in [0.2, 0.25) is 0 Å². The van der Waals surface area contributed by atoms with Gasteiger partial charge < -0.3 is 19.7 Å². The molecule has 0 spiro atoms. The van der Waals surface area contributed by atoms with Crippen molar-refractivity contribution in [3.8, 4) is 11.5 Å². The summed E-state index contributed by atoms with van der Waals surface area (Å²) in [5, 5.41) is 2.79. The minimum absolute atomic E-state index is 0.00102. The number of nitrogens with one attached hydrogen (secondary N) is 1. The summed E-state index contributed by atoms with van der Waals surface area (Å²) in [7, 11) is 3.20. The SMILES string of the molecule is CCc1sc(C(=O)NCC(=O)N2CCCC2c2ccc(OC)c(OC)c2)cc1C. The van der Waals surface area contributed by atoms with Gasteiger partial charge in [-0.25, -0.2) is 0 Å². The van der Waals surface area contributed by atoms with E-state index in [0.29, 0.717) is 22.9 Å². The molecular formula is C22H28N2O4S. The number of methoxy groups -OCH3 is 2. The van der Waals surface area contributed by atoms with E-state index in [2.05, 4.69) is 12.2 Å². The number of aryl methyl sites for hydroxylation is 2. The summed E-state index contributed by atoms with van der Waals surface area (Å²) in [5.41, 5.74) is 2.14. The van der Waals surface area contributed by atoms with Crippen LogP contribution < -0.4 is 14.8 Å². The molecule has 2 heterocycles. The lowest BCUT2D eigenvalue weighted by Crippen LogP contribution is -2.39. The van der Waals surface area contributed by atoms with Gasteiger partial charge in [-0.15, -0.1) is 11.3 Å². The molecule has 1 aliphatic rings. The highest BCUT2D eigenvalue weighted by Crippen LogP contribution is 2.36. The number of thiophene rings is 1. The van der Waals surface area contributed by atoms with Gasteiger partial charge in [-0.05, 0) is 55.5 Å². The minimum atomic E-state index is -0.187. The molecule has 2 amide bonds. The van der Waals surface area contributed by atoms with Crippen LogP contribution in [-0.2, 0) is 11.2 Å². The number of hydrogen-bond donors (Lipinski definition) is 1. The number of carbonyl (C=O) groups excluding carboxylic acids is 2. The third-order valence-electron chi connectivity index (χ3n) is 5.33. The summed E-state index contributed by atoms with van der Waals surface area (Å²) < 4.78 is 10.7. The molecule has 1 aliphatic heterocycles. The Morgan fingerprint density at radius 1 is 1.21 bits per heavy atom. The van der Waals surface area contributed by atoms with Crippen LogP contribution in [0, 0.1) is 6.92 Å². The average molecular weight is 417 g/mol. The quantitative estimate of drug-likeness (QED) is 0.747. The third-order valence-corrected chi connectivity index (χ3v) is 6.71. The maximum absolute atomic E-state index is 12.8. The maximum atomic E-state index is 12.8. The molecule has 3 rings (SSSR count). The zero-order chi connectivity index (χ0) is 21.0. The summed E-state index contributed by atoms with van der Waals surface area (Å²) in [6.07, 6.45) is 2.73. The molecule has 1 aromatic carbocycles. The van der Waals surface area contributed by atoms with Crippen LogP contribution in [0.4, 0.5) is 0 Å². The zero-order valence-corrected chi connectivity index (χ0v) is 18.2. The molecule has 1 unspecified atom stereocenters. The smallest absolute Gasteiger partial charge is 0.261 e. The molecule has 1 saturated heterocycles. The molecule has 1 atom stereocenters. The normalized spacial score (nSPS) is 16.0. The Balaban J connectivity index is 1.66.